The molecule has 0 aliphatic carbocycles. The zero-order valence-electron chi connectivity index (χ0n) is 15.4. The molecule has 0 N–H and O–H groups in total. The summed E-state index contributed by atoms with van der Waals surface area (Å²) < 4.78 is 0. The minimum absolute atomic E-state index is 0.238. The van der Waals surface area contributed by atoms with Gasteiger partial charge in [0.25, 0.3) is 0 Å². The second-order valence-electron chi connectivity index (χ2n) is 6.65. The molecule has 0 nitrogen and oxygen atoms in total. The molecule has 0 saturated carbocycles. The van der Waals surface area contributed by atoms with Crippen LogP contribution >= 0.6 is 7.92 Å². The summed E-state index contributed by atoms with van der Waals surface area (Å²) in [7, 11) is -0.238. The predicted molar refractivity (Wildman–Crippen MR) is 107 cm³/mol. The molecule has 2 rings (SSSR count). The van der Waals surface area contributed by atoms with Gasteiger partial charge in [-0.05, 0) is 81.1 Å². The van der Waals surface area contributed by atoms with E-state index in [0.29, 0.717) is 0 Å². The van der Waals surface area contributed by atoms with Crippen LogP contribution < -0.4 is 10.6 Å². The van der Waals surface area contributed by atoms with Gasteiger partial charge in [0, 0.05) is 0 Å². The Kier molecular flexibility index (Phi) is 6.85. The van der Waals surface area contributed by atoms with Crippen molar-refractivity contribution < 1.29 is 0 Å². The first kappa shape index (κ1) is 18.2. The summed E-state index contributed by atoms with van der Waals surface area (Å²) >= 11 is 0. The molecule has 0 aliphatic heterocycles. The van der Waals surface area contributed by atoms with Gasteiger partial charge in [-0.2, -0.15) is 0 Å². The van der Waals surface area contributed by atoms with Gasteiger partial charge in [-0.1, -0.05) is 62.6 Å². The summed E-state index contributed by atoms with van der Waals surface area (Å²) in [4.78, 5) is 0. The van der Waals surface area contributed by atoms with Crippen molar-refractivity contribution in [3.63, 3.8) is 0 Å². The summed E-state index contributed by atoms with van der Waals surface area (Å²) in [5.74, 6) is 0. The highest BCUT2D eigenvalue weighted by molar-refractivity contribution is 7.73. The molecule has 0 fully saturated rings. The van der Waals surface area contributed by atoms with Crippen molar-refractivity contribution in [3.8, 4) is 0 Å². The molecule has 0 amide bonds. The SMILES string of the molecule is CCCCCCP(c1ccccc1C)c1ccc(C)c(C)c1C. The zero-order chi connectivity index (χ0) is 16.8. The van der Waals surface area contributed by atoms with Crippen molar-refractivity contribution in [3.05, 3.63) is 58.7 Å². The topological polar surface area (TPSA) is 0 Å². The Morgan fingerprint density at radius 2 is 1.43 bits per heavy atom. The molecule has 0 bridgehead atoms. The minimum atomic E-state index is -0.238. The van der Waals surface area contributed by atoms with Crippen LogP contribution in [-0.4, -0.2) is 6.16 Å². The molecule has 0 saturated heterocycles. The maximum Gasteiger partial charge on any atom is -0.0163 e. The first-order valence-corrected chi connectivity index (χ1v) is 10.5. The van der Waals surface area contributed by atoms with E-state index >= 15 is 0 Å². The second kappa shape index (κ2) is 8.65. The van der Waals surface area contributed by atoms with Crippen LogP contribution in [0.15, 0.2) is 36.4 Å². The third-order valence-electron chi connectivity index (χ3n) is 4.96. The lowest BCUT2D eigenvalue weighted by Gasteiger charge is -2.24. The Hall–Kier alpha value is -1.13. The highest BCUT2D eigenvalue weighted by Crippen LogP contribution is 2.38. The lowest BCUT2D eigenvalue weighted by molar-refractivity contribution is 0.705. The second-order valence-corrected chi connectivity index (χ2v) is 8.92. The smallest absolute Gasteiger partial charge is 0.0163 e. The van der Waals surface area contributed by atoms with Gasteiger partial charge in [0.1, 0.15) is 0 Å². The molecule has 0 aromatic heterocycles. The van der Waals surface area contributed by atoms with Crippen molar-refractivity contribution >= 4 is 18.5 Å². The van der Waals surface area contributed by atoms with Crippen LogP contribution in [-0.2, 0) is 0 Å². The maximum absolute atomic E-state index is 2.40. The van der Waals surface area contributed by atoms with E-state index < -0.39 is 0 Å². The quantitative estimate of drug-likeness (QED) is 0.437. The standard InChI is InChI=1S/C22H31P/c1-6-7-8-11-16-23(21-13-10-9-12-18(21)3)22-15-14-17(2)19(4)20(22)5/h9-10,12-15H,6-8,11,16H2,1-5H3. The van der Waals surface area contributed by atoms with Gasteiger partial charge in [0.2, 0.25) is 0 Å². The number of unbranched alkanes of at least 4 members (excludes halogenated alkanes) is 3. The summed E-state index contributed by atoms with van der Waals surface area (Å²) in [5, 5.41) is 3.17. The molecule has 2 aromatic rings. The van der Waals surface area contributed by atoms with Crippen LogP contribution in [0, 0.1) is 27.7 Å². The number of rotatable bonds is 7. The van der Waals surface area contributed by atoms with Crippen molar-refractivity contribution in [1.82, 2.24) is 0 Å². The molecular formula is C22H31P. The van der Waals surface area contributed by atoms with Crippen LogP contribution in [0.5, 0.6) is 0 Å². The van der Waals surface area contributed by atoms with E-state index in [-0.39, 0.29) is 7.92 Å². The molecule has 0 radical (unpaired) electrons. The van der Waals surface area contributed by atoms with E-state index in [1.807, 2.05) is 0 Å². The van der Waals surface area contributed by atoms with E-state index in [4.69, 9.17) is 0 Å². The minimum Gasteiger partial charge on any atom is -0.0654 e. The molecule has 23 heavy (non-hydrogen) atoms. The fraction of sp³-hybridized carbons (Fsp3) is 0.455. The number of aryl methyl sites for hydroxylation is 2. The lowest BCUT2D eigenvalue weighted by Crippen LogP contribution is -2.19. The van der Waals surface area contributed by atoms with Crippen LogP contribution in [0.3, 0.4) is 0 Å². The van der Waals surface area contributed by atoms with E-state index in [9.17, 15) is 0 Å². The summed E-state index contributed by atoms with van der Waals surface area (Å²) in [6.45, 7) is 11.4. The Labute approximate surface area is 144 Å². The first-order chi connectivity index (χ1) is 11.1. The Bertz CT molecular complexity index is 642. The summed E-state index contributed by atoms with van der Waals surface area (Å²) in [6, 6.07) is 13.7. The van der Waals surface area contributed by atoms with Crippen LogP contribution in [0.2, 0.25) is 0 Å². The molecule has 0 aliphatic rings. The van der Waals surface area contributed by atoms with Gasteiger partial charge in [0.05, 0.1) is 0 Å². The molecule has 2 aromatic carbocycles. The van der Waals surface area contributed by atoms with Crippen molar-refractivity contribution in [2.75, 3.05) is 6.16 Å². The third kappa shape index (κ3) is 4.45. The zero-order valence-corrected chi connectivity index (χ0v) is 16.3. The molecule has 0 heterocycles. The Morgan fingerprint density at radius 1 is 0.696 bits per heavy atom. The summed E-state index contributed by atoms with van der Waals surface area (Å²) in [6.07, 6.45) is 6.71. The van der Waals surface area contributed by atoms with Crippen molar-refractivity contribution in [2.24, 2.45) is 0 Å². The van der Waals surface area contributed by atoms with E-state index in [1.165, 1.54) is 54.1 Å². The van der Waals surface area contributed by atoms with Gasteiger partial charge < -0.3 is 0 Å². The van der Waals surface area contributed by atoms with Crippen LogP contribution in [0.1, 0.15) is 54.9 Å². The van der Waals surface area contributed by atoms with Crippen LogP contribution in [0.4, 0.5) is 0 Å². The van der Waals surface area contributed by atoms with E-state index in [0.717, 1.165) is 0 Å². The van der Waals surface area contributed by atoms with Crippen molar-refractivity contribution in [1.29, 1.82) is 0 Å². The molecular weight excluding hydrogens is 295 g/mol. The monoisotopic (exact) mass is 326 g/mol. The lowest BCUT2D eigenvalue weighted by atomic mass is 10.1. The fourth-order valence-electron chi connectivity index (χ4n) is 3.17. The van der Waals surface area contributed by atoms with E-state index in [2.05, 4.69) is 71.0 Å². The highest BCUT2D eigenvalue weighted by atomic mass is 31.1. The van der Waals surface area contributed by atoms with Crippen molar-refractivity contribution in [2.45, 2.75) is 60.3 Å². The number of hydrogen-bond donors (Lipinski definition) is 0. The first-order valence-electron chi connectivity index (χ1n) is 8.96. The summed E-state index contributed by atoms with van der Waals surface area (Å²) in [5.41, 5.74) is 5.84. The molecule has 1 unspecified atom stereocenters. The van der Waals surface area contributed by atoms with Gasteiger partial charge in [-0.3, -0.25) is 0 Å². The number of hydrogen-bond acceptors (Lipinski definition) is 0. The third-order valence-corrected chi connectivity index (χ3v) is 7.87. The molecule has 1 atom stereocenters. The van der Waals surface area contributed by atoms with Crippen LogP contribution in [0.25, 0.3) is 0 Å². The fourth-order valence-corrected chi connectivity index (χ4v) is 6.04. The predicted octanol–water partition coefficient (Wildman–Crippen LogP) is 5.93. The largest absolute Gasteiger partial charge is 0.0654 e. The Balaban J connectivity index is 2.38. The molecule has 124 valence electrons. The van der Waals surface area contributed by atoms with E-state index in [1.54, 1.807) is 10.6 Å². The Morgan fingerprint density at radius 3 is 2.13 bits per heavy atom. The van der Waals surface area contributed by atoms with Gasteiger partial charge in [0.15, 0.2) is 0 Å². The average molecular weight is 326 g/mol. The van der Waals surface area contributed by atoms with Gasteiger partial charge >= 0.3 is 0 Å². The molecule has 1 heteroatoms. The maximum atomic E-state index is 2.40. The number of benzene rings is 2. The normalized spacial score (nSPS) is 12.4. The highest BCUT2D eigenvalue weighted by Gasteiger charge is 2.18. The van der Waals surface area contributed by atoms with Gasteiger partial charge in [-0.15, -0.1) is 0 Å². The van der Waals surface area contributed by atoms with Gasteiger partial charge in [-0.25, -0.2) is 0 Å². The average Bonchev–Trinajstić information content (AvgIpc) is 2.55. The molecule has 0 spiro atoms.